The molecule has 1 rings (SSSR count). The fourth-order valence-electron chi connectivity index (χ4n) is 1.92. The molecular formula is C11H20O3. The first-order valence-corrected chi connectivity index (χ1v) is 5.28. The van der Waals surface area contributed by atoms with Crippen LogP contribution >= 0.6 is 0 Å². The summed E-state index contributed by atoms with van der Waals surface area (Å²) in [5.74, 6) is -0.360. The van der Waals surface area contributed by atoms with Crippen molar-refractivity contribution in [3.8, 4) is 0 Å². The standard InChI is InChI=1S/C11H20O3/c1-5-9-7-10(6-8(2)12)14-11(3,4)13-9/h9-10H,5-7H2,1-4H3/t9-,10+/m1/s1. The molecule has 3 heteroatoms. The quantitative estimate of drug-likeness (QED) is 0.701. The molecule has 0 saturated carbocycles. The van der Waals surface area contributed by atoms with Gasteiger partial charge >= 0.3 is 0 Å². The van der Waals surface area contributed by atoms with Crippen molar-refractivity contribution in [1.82, 2.24) is 0 Å². The molecule has 1 saturated heterocycles. The summed E-state index contributed by atoms with van der Waals surface area (Å²) in [6.45, 7) is 7.51. The zero-order valence-corrected chi connectivity index (χ0v) is 9.50. The van der Waals surface area contributed by atoms with Crippen LogP contribution in [0.2, 0.25) is 0 Å². The number of ketones is 1. The van der Waals surface area contributed by atoms with Gasteiger partial charge in [-0.2, -0.15) is 0 Å². The molecule has 0 spiro atoms. The Kier molecular flexibility index (Phi) is 3.67. The van der Waals surface area contributed by atoms with Crippen LogP contribution < -0.4 is 0 Å². The predicted molar refractivity (Wildman–Crippen MR) is 54.0 cm³/mol. The van der Waals surface area contributed by atoms with E-state index >= 15 is 0 Å². The molecule has 0 unspecified atom stereocenters. The fraction of sp³-hybridized carbons (Fsp3) is 0.909. The number of ether oxygens (including phenoxy) is 2. The maximum atomic E-state index is 11.0. The summed E-state index contributed by atoms with van der Waals surface area (Å²) < 4.78 is 11.4. The SMILES string of the molecule is CC[C@@H]1C[C@H](CC(C)=O)OC(C)(C)O1. The number of Topliss-reactive ketones (excluding diaryl/α,β-unsaturated/α-hetero) is 1. The molecule has 0 aromatic carbocycles. The van der Waals surface area contributed by atoms with E-state index in [4.69, 9.17) is 9.47 Å². The number of hydrogen-bond acceptors (Lipinski definition) is 3. The second-order valence-electron chi connectivity index (χ2n) is 4.43. The molecule has 0 N–H and O–H groups in total. The van der Waals surface area contributed by atoms with E-state index in [1.54, 1.807) is 6.92 Å². The highest BCUT2D eigenvalue weighted by Crippen LogP contribution is 2.29. The largest absolute Gasteiger partial charge is 0.347 e. The van der Waals surface area contributed by atoms with E-state index in [0.717, 1.165) is 12.8 Å². The summed E-state index contributed by atoms with van der Waals surface area (Å²) in [6.07, 6.45) is 2.56. The van der Waals surface area contributed by atoms with Crippen molar-refractivity contribution in [2.75, 3.05) is 0 Å². The predicted octanol–water partition coefficient (Wildman–Crippen LogP) is 2.29. The highest BCUT2D eigenvalue weighted by atomic mass is 16.7. The van der Waals surface area contributed by atoms with E-state index in [0.29, 0.717) is 6.42 Å². The zero-order chi connectivity index (χ0) is 10.8. The number of carbonyl (C=O) groups is 1. The topological polar surface area (TPSA) is 35.5 Å². The van der Waals surface area contributed by atoms with Gasteiger partial charge in [-0.1, -0.05) is 6.92 Å². The first-order valence-electron chi connectivity index (χ1n) is 5.28. The molecule has 1 heterocycles. The zero-order valence-electron chi connectivity index (χ0n) is 9.50. The van der Waals surface area contributed by atoms with Gasteiger partial charge in [0.2, 0.25) is 0 Å². The summed E-state index contributed by atoms with van der Waals surface area (Å²) in [4.78, 5) is 11.0. The van der Waals surface area contributed by atoms with Crippen LogP contribution in [-0.4, -0.2) is 23.8 Å². The lowest BCUT2D eigenvalue weighted by Gasteiger charge is -2.40. The highest BCUT2D eigenvalue weighted by molar-refractivity contribution is 5.75. The second-order valence-corrected chi connectivity index (χ2v) is 4.43. The molecule has 1 aliphatic heterocycles. The number of hydrogen-bond donors (Lipinski definition) is 0. The van der Waals surface area contributed by atoms with E-state index in [1.807, 2.05) is 13.8 Å². The summed E-state index contributed by atoms with van der Waals surface area (Å²) in [5.41, 5.74) is 0. The molecule has 1 fully saturated rings. The fourth-order valence-corrected chi connectivity index (χ4v) is 1.92. The summed E-state index contributed by atoms with van der Waals surface area (Å²) >= 11 is 0. The van der Waals surface area contributed by atoms with Crippen LogP contribution in [0.3, 0.4) is 0 Å². The van der Waals surface area contributed by atoms with E-state index in [9.17, 15) is 4.79 Å². The van der Waals surface area contributed by atoms with E-state index in [-0.39, 0.29) is 18.0 Å². The third-order valence-corrected chi connectivity index (χ3v) is 2.40. The molecule has 2 atom stereocenters. The van der Waals surface area contributed by atoms with Gasteiger partial charge in [0.05, 0.1) is 12.2 Å². The molecule has 0 aromatic rings. The first kappa shape index (κ1) is 11.7. The average Bonchev–Trinajstić information content (AvgIpc) is 1.99. The molecule has 0 aromatic heterocycles. The Hall–Kier alpha value is -0.410. The minimum atomic E-state index is -0.543. The summed E-state index contributed by atoms with van der Waals surface area (Å²) in [5, 5.41) is 0. The average molecular weight is 200 g/mol. The van der Waals surface area contributed by atoms with Crippen LogP contribution in [0.15, 0.2) is 0 Å². The normalized spacial score (nSPS) is 31.4. The maximum absolute atomic E-state index is 11.0. The molecule has 3 nitrogen and oxygen atoms in total. The van der Waals surface area contributed by atoms with Crippen molar-refractivity contribution in [3.63, 3.8) is 0 Å². The van der Waals surface area contributed by atoms with Gasteiger partial charge in [0.25, 0.3) is 0 Å². The lowest BCUT2D eigenvalue weighted by molar-refractivity contribution is -0.299. The van der Waals surface area contributed by atoms with Gasteiger partial charge in [-0.25, -0.2) is 0 Å². The van der Waals surface area contributed by atoms with Crippen molar-refractivity contribution in [2.24, 2.45) is 0 Å². The number of carbonyl (C=O) groups excluding carboxylic acids is 1. The Bertz CT molecular complexity index is 211. The van der Waals surface area contributed by atoms with Crippen LogP contribution in [0, 0.1) is 0 Å². The van der Waals surface area contributed by atoms with Gasteiger partial charge in [0.1, 0.15) is 5.78 Å². The molecular weight excluding hydrogens is 180 g/mol. The van der Waals surface area contributed by atoms with Crippen LogP contribution in [0.25, 0.3) is 0 Å². The summed E-state index contributed by atoms with van der Waals surface area (Å²) in [7, 11) is 0. The van der Waals surface area contributed by atoms with Crippen LogP contribution in [0.4, 0.5) is 0 Å². The molecule has 14 heavy (non-hydrogen) atoms. The van der Waals surface area contributed by atoms with Gasteiger partial charge in [0, 0.05) is 12.8 Å². The van der Waals surface area contributed by atoms with Crippen molar-refractivity contribution in [3.05, 3.63) is 0 Å². The minimum absolute atomic E-state index is 0.0289. The van der Waals surface area contributed by atoms with E-state index in [1.165, 1.54) is 0 Å². The lowest BCUT2D eigenvalue weighted by Crippen LogP contribution is -2.44. The smallest absolute Gasteiger partial charge is 0.163 e. The van der Waals surface area contributed by atoms with Crippen molar-refractivity contribution >= 4 is 5.78 Å². The molecule has 1 aliphatic rings. The Morgan fingerprint density at radius 2 is 1.93 bits per heavy atom. The van der Waals surface area contributed by atoms with E-state index < -0.39 is 5.79 Å². The van der Waals surface area contributed by atoms with Crippen molar-refractivity contribution in [1.29, 1.82) is 0 Å². The van der Waals surface area contributed by atoms with Crippen LogP contribution in [-0.2, 0) is 14.3 Å². The van der Waals surface area contributed by atoms with Gasteiger partial charge in [-0.15, -0.1) is 0 Å². The highest BCUT2D eigenvalue weighted by Gasteiger charge is 2.34. The van der Waals surface area contributed by atoms with Crippen LogP contribution in [0.5, 0.6) is 0 Å². The van der Waals surface area contributed by atoms with Crippen molar-refractivity contribution < 1.29 is 14.3 Å². The second kappa shape index (κ2) is 4.41. The Morgan fingerprint density at radius 3 is 2.43 bits per heavy atom. The molecule has 0 amide bonds. The third-order valence-electron chi connectivity index (χ3n) is 2.40. The molecule has 82 valence electrons. The molecule has 0 radical (unpaired) electrons. The minimum Gasteiger partial charge on any atom is -0.347 e. The van der Waals surface area contributed by atoms with E-state index in [2.05, 4.69) is 6.92 Å². The lowest BCUT2D eigenvalue weighted by atomic mass is 10.0. The Balaban J connectivity index is 2.56. The van der Waals surface area contributed by atoms with Crippen LogP contribution in [0.1, 0.15) is 47.0 Å². The first-order chi connectivity index (χ1) is 6.43. The Labute approximate surface area is 85.8 Å². The van der Waals surface area contributed by atoms with Gasteiger partial charge in [-0.05, 0) is 27.2 Å². The summed E-state index contributed by atoms with van der Waals surface area (Å²) in [6, 6.07) is 0. The molecule has 0 aliphatic carbocycles. The monoisotopic (exact) mass is 200 g/mol. The number of rotatable bonds is 3. The Morgan fingerprint density at radius 1 is 1.36 bits per heavy atom. The van der Waals surface area contributed by atoms with Gasteiger partial charge in [-0.3, -0.25) is 4.79 Å². The van der Waals surface area contributed by atoms with Gasteiger partial charge < -0.3 is 9.47 Å². The van der Waals surface area contributed by atoms with Crippen molar-refractivity contribution in [2.45, 2.75) is 65.0 Å². The third kappa shape index (κ3) is 3.39. The maximum Gasteiger partial charge on any atom is 0.163 e. The molecule has 0 bridgehead atoms. The van der Waals surface area contributed by atoms with Gasteiger partial charge in [0.15, 0.2) is 5.79 Å².